The van der Waals surface area contributed by atoms with Gasteiger partial charge in [-0.05, 0) is 67.3 Å². The second-order valence-corrected chi connectivity index (χ2v) is 14.1. The Bertz CT molecular complexity index is 2100. The van der Waals surface area contributed by atoms with Crippen molar-refractivity contribution in [3.05, 3.63) is 96.0 Å². The molecule has 0 aliphatic heterocycles. The zero-order valence-electron chi connectivity index (χ0n) is 30.1. The van der Waals surface area contributed by atoms with Gasteiger partial charge in [-0.2, -0.15) is 0 Å². The van der Waals surface area contributed by atoms with Gasteiger partial charge in [-0.3, -0.25) is 9.78 Å². The van der Waals surface area contributed by atoms with E-state index in [2.05, 4.69) is 86.4 Å². The van der Waals surface area contributed by atoms with Crippen LogP contribution in [0.25, 0.3) is 54.9 Å². The summed E-state index contributed by atoms with van der Waals surface area (Å²) in [5.41, 5.74) is 5.41. The molecule has 0 aliphatic rings. The minimum Gasteiger partial charge on any atom is -0.512 e. The Balaban J connectivity index is 0.000000274. The van der Waals surface area contributed by atoms with Gasteiger partial charge in [0, 0.05) is 54.0 Å². The van der Waals surface area contributed by atoms with E-state index in [0.29, 0.717) is 17.0 Å². The van der Waals surface area contributed by atoms with Crippen LogP contribution >= 0.6 is 0 Å². The predicted octanol–water partition coefficient (Wildman–Crippen LogP) is 12.0. The number of furan rings is 1. The standard InChI is InChI=1S/C29H23N2O.C14H26O2.Ir/c1-29(2,3)16-20-10-6-12-22-21(20)11-7-13-23(22)27-26-24-14-18-8-4-5-9-19(18)15-25(24)32-28(26)31-17-30-27;1-6-11(7-2)13(15)10(5)14(16)12(8-3)9-4;/h4-12,14-15,17H,16H2,1-3H3;11-12,15H,6-9H2,1-5H3;/q-1;;/b;13-10-;. The third-order valence-corrected chi connectivity index (χ3v) is 9.52. The Kier molecular flexibility index (Phi) is 12.6. The molecule has 0 saturated heterocycles. The second kappa shape index (κ2) is 16.2. The smallest absolute Gasteiger partial charge is 0.221 e. The molecular weight excluding hydrogens is 785 g/mol. The van der Waals surface area contributed by atoms with Crippen LogP contribution in [0.4, 0.5) is 0 Å². The van der Waals surface area contributed by atoms with Gasteiger partial charge >= 0.3 is 0 Å². The number of carbonyl (C=O) groups is 1. The topological polar surface area (TPSA) is 76.2 Å². The van der Waals surface area contributed by atoms with E-state index >= 15 is 0 Å². The minimum atomic E-state index is 0. The Morgan fingerprint density at radius 3 is 2.12 bits per heavy atom. The zero-order chi connectivity index (χ0) is 34.6. The quantitative estimate of drug-likeness (QED) is 0.0892. The number of fused-ring (bicyclic) bond motifs is 5. The van der Waals surface area contributed by atoms with Crippen molar-refractivity contribution in [2.75, 3.05) is 0 Å². The van der Waals surface area contributed by atoms with Crippen molar-refractivity contribution in [1.29, 1.82) is 0 Å². The molecule has 259 valence electrons. The molecule has 0 saturated carbocycles. The van der Waals surface area contributed by atoms with Gasteiger partial charge in [0.1, 0.15) is 17.7 Å². The third kappa shape index (κ3) is 8.14. The molecule has 1 radical (unpaired) electrons. The number of Topliss-reactive ketones (excluding diaryl/α,β-unsaturated/α-hetero) is 1. The maximum atomic E-state index is 12.1. The summed E-state index contributed by atoms with van der Waals surface area (Å²) in [6.07, 6.45) is 6.07. The molecule has 2 heterocycles. The van der Waals surface area contributed by atoms with Crippen LogP contribution in [0.15, 0.2) is 88.8 Å². The summed E-state index contributed by atoms with van der Waals surface area (Å²) in [6.45, 7) is 16.7. The number of hydrogen-bond donors (Lipinski definition) is 1. The summed E-state index contributed by atoms with van der Waals surface area (Å²) in [5, 5.41) is 16.8. The summed E-state index contributed by atoms with van der Waals surface area (Å²) < 4.78 is 6.16. The van der Waals surface area contributed by atoms with Crippen LogP contribution in [0.3, 0.4) is 0 Å². The number of aromatic nitrogens is 2. The molecule has 0 atom stereocenters. The number of aliphatic hydroxyl groups excluding tert-OH is 1. The average Bonchev–Trinajstić information content (AvgIpc) is 3.45. The summed E-state index contributed by atoms with van der Waals surface area (Å²) in [5.74, 6) is 0.631. The zero-order valence-corrected chi connectivity index (χ0v) is 32.5. The number of hydrogen-bond acceptors (Lipinski definition) is 5. The van der Waals surface area contributed by atoms with Crippen LogP contribution in [-0.4, -0.2) is 20.9 Å². The number of ketones is 1. The number of nitrogens with zero attached hydrogens (tertiary/aromatic N) is 2. The summed E-state index contributed by atoms with van der Waals surface area (Å²) in [4.78, 5) is 21.2. The number of aliphatic hydroxyl groups is 1. The number of benzene rings is 4. The Morgan fingerprint density at radius 2 is 1.49 bits per heavy atom. The first-order chi connectivity index (χ1) is 23.0. The first kappa shape index (κ1) is 37.9. The van der Waals surface area contributed by atoms with Crippen LogP contribution in [0, 0.1) is 23.3 Å². The molecule has 6 aromatic rings. The van der Waals surface area contributed by atoms with Gasteiger partial charge in [-0.25, -0.2) is 4.98 Å². The van der Waals surface area contributed by atoms with Gasteiger partial charge in [-0.15, -0.1) is 23.8 Å². The Hall–Kier alpha value is -3.86. The van der Waals surface area contributed by atoms with Gasteiger partial charge < -0.3 is 9.52 Å². The first-order valence-electron chi connectivity index (χ1n) is 17.4. The fraction of sp³-hybridized carbons (Fsp3) is 0.372. The van der Waals surface area contributed by atoms with Crippen LogP contribution in [0.2, 0.25) is 0 Å². The SMILES string of the molecule is CC(C)(C)Cc1cccc2c(-c3ncnc4oc5cc6ccccc6cc5c34)[c-]ccc12.CCC(CC)C(=O)/C(C)=C(\O)C(CC)CC.[Ir]. The average molecular weight is 834 g/mol. The predicted molar refractivity (Wildman–Crippen MR) is 200 cm³/mol. The maximum Gasteiger partial charge on any atom is 0.221 e. The van der Waals surface area contributed by atoms with Gasteiger partial charge in [0.25, 0.3) is 0 Å². The molecule has 4 aromatic carbocycles. The molecule has 0 bridgehead atoms. The van der Waals surface area contributed by atoms with Crippen molar-refractivity contribution in [3.8, 4) is 11.3 Å². The molecule has 0 amide bonds. The monoisotopic (exact) mass is 834 g/mol. The molecule has 0 unspecified atom stereocenters. The fourth-order valence-electron chi connectivity index (χ4n) is 6.79. The van der Waals surface area contributed by atoms with Crippen molar-refractivity contribution >= 4 is 49.4 Å². The summed E-state index contributed by atoms with van der Waals surface area (Å²) in [7, 11) is 0. The van der Waals surface area contributed by atoms with E-state index in [0.717, 1.165) is 70.5 Å². The molecule has 1 N–H and O–H groups in total. The van der Waals surface area contributed by atoms with Crippen molar-refractivity contribution in [1.82, 2.24) is 9.97 Å². The molecular formula is C43H49IrN2O3-. The van der Waals surface area contributed by atoms with Crippen molar-refractivity contribution in [2.45, 2.75) is 87.5 Å². The minimum absolute atomic E-state index is 0. The normalized spacial score (nSPS) is 12.4. The van der Waals surface area contributed by atoms with Crippen LogP contribution in [0.5, 0.6) is 0 Å². The van der Waals surface area contributed by atoms with Crippen molar-refractivity contribution in [2.24, 2.45) is 17.3 Å². The summed E-state index contributed by atoms with van der Waals surface area (Å²) in [6, 6.07) is 26.8. The molecule has 6 heteroatoms. The van der Waals surface area contributed by atoms with Crippen LogP contribution < -0.4 is 0 Å². The van der Waals surface area contributed by atoms with E-state index in [1.54, 1.807) is 13.3 Å². The number of allylic oxidation sites excluding steroid dienone is 2. The van der Waals surface area contributed by atoms with Gasteiger partial charge in [-0.1, -0.05) is 107 Å². The van der Waals surface area contributed by atoms with E-state index < -0.39 is 0 Å². The van der Waals surface area contributed by atoms with E-state index in [1.165, 1.54) is 16.3 Å². The van der Waals surface area contributed by atoms with E-state index in [1.807, 2.05) is 39.8 Å². The Morgan fingerprint density at radius 1 is 0.837 bits per heavy atom. The van der Waals surface area contributed by atoms with E-state index in [4.69, 9.17) is 9.40 Å². The molecule has 6 rings (SSSR count). The Labute approximate surface area is 304 Å². The van der Waals surface area contributed by atoms with Gasteiger partial charge in [0.2, 0.25) is 5.71 Å². The van der Waals surface area contributed by atoms with Crippen LogP contribution in [-0.2, 0) is 31.3 Å². The number of carbonyl (C=O) groups excluding carboxylic acids is 1. The fourth-order valence-corrected chi connectivity index (χ4v) is 6.79. The number of rotatable bonds is 9. The molecule has 0 fully saturated rings. The van der Waals surface area contributed by atoms with Gasteiger partial charge in [0.05, 0.1) is 0 Å². The summed E-state index contributed by atoms with van der Waals surface area (Å²) >= 11 is 0. The molecule has 5 nitrogen and oxygen atoms in total. The van der Waals surface area contributed by atoms with E-state index in [-0.39, 0.29) is 43.1 Å². The van der Waals surface area contributed by atoms with Crippen LogP contribution in [0.1, 0.15) is 86.6 Å². The third-order valence-electron chi connectivity index (χ3n) is 9.52. The largest absolute Gasteiger partial charge is 0.512 e. The first-order valence-corrected chi connectivity index (χ1v) is 17.4. The maximum absolute atomic E-state index is 12.1. The molecule has 0 spiro atoms. The van der Waals surface area contributed by atoms with Gasteiger partial charge in [0.15, 0.2) is 5.78 Å². The second-order valence-electron chi connectivity index (χ2n) is 14.1. The van der Waals surface area contributed by atoms with Crippen molar-refractivity contribution < 1.29 is 34.4 Å². The molecule has 2 aromatic heterocycles. The molecule has 49 heavy (non-hydrogen) atoms. The van der Waals surface area contributed by atoms with Crippen molar-refractivity contribution in [3.63, 3.8) is 0 Å². The van der Waals surface area contributed by atoms with E-state index in [9.17, 15) is 9.90 Å². The molecule has 0 aliphatic carbocycles.